The molecular formula is C26H43N5O5S. The Labute approximate surface area is 224 Å². The van der Waals surface area contributed by atoms with Crippen LogP contribution in [0.4, 0.5) is 0 Å². The first-order valence-corrected chi connectivity index (χ1v) is 14.2. The minimum atomic E-state index is -1.14. The minimum absolute atomic E-state index is 0.0707. The number of aliphatic carboxylic acids is 1. The van der Waals surface area contributed by atoms with Crippen molar-refractivity contribution in [2.75, 3.05) is 18.6 Å². The third-order valence-corrected chi connectivity index (χ3v) is 6.92. The Bertz CT molecular complexity index is 857. The number of nitrogens with two attached hydrogens (primary N) is 2. The lowest BCUT2D eigenvalue weighted by Crippen LogP contribution is -2.58. The summed E-state index contributed by atoms with van der Waals surface area (Å²) in [5, 5.41) is 17.6. The second-order valence-electron chi connectivity index (χ2n) is 9.19. The summed E-state index contributed by atoms with van der Waals surface area (Å²) in [4.78, 5) is 50.9. The highest BCUT2D eigenvalue weighted by molar-refractivity contribution is 7.98. The molecule has 1 rings (SSSR count). The second-order valence-corrected chi connectivity index (χ2v) is 10.2. The number of nitrogens with one attached hydrogen (secondary N) is 3. The van der Waals surface area contributed by atoms with E-state index >= 15 is 0 Å². The largest absolute Gasteiger partial charge is 0.480 e. The Morgan fingerprint density at radius 3 is 2.08 bits per heavy atom. The van der Waals surface area contributed by atoms with Crippen LogP contribution in [0.1, 0.15) is 51.5 Å². The van der Waals surface area contributed by atoms with Gasteiger partial charge in [-0.25, -0.2) is 4.79 Å². The number of hydrogen-bond acceptors (Lipinski definition) is 7. The predicted octanol–water partition coefficient (Wildman–Crippen LogP) is 1.02. The van der Waals surface area contributed by atoms with E-state index in [-0.39, 0.29) is 18.8 Å². The number of carboxylic acids is 1. The molecule has 11 heteroatoms. The third-order valence-electron chi connectivity index (χ3n) is 6.28. The molecule has 0 aliphatic heterocycles. The molecule has 10 nitrogen and oxygen atoms in total. The van der Waals surface area contributed by atoms with Crippen LogP contribution in [-0.2, 0) is 25.6 Å². The molecule has 5 atom stereocenters. The van der Waals surface area contributed by atoms with Crippen LogP contribution < -0.4 is 27.4 Å². The molecule has 0 saturated carbocycles. The van der Waals surface area contributed by atoms with Crippen LogP contribution in [0.3, 0.4) is 0 Å². The first kappa shape index (κ1) is 32.4. The average molecular weight is 538 g/mol. The summed E-state index contributed by atoms with van der Waals surface area (Å²) in [6.45, 7) is 4.24. The zero-order valence-corrected chi connectivity index (χ0v) is 22.9. The molecule has 0 aromatic heterocycles. The number of carbonyl (C=O) groups excluding carboxylic acids is 3. The van der Waals surface area contributed by atoms with Gasteiger partial charge in [0, 0.05) is 6.42 Å². The zero-order valence-electron chi connectivity index (χ0n) is 22.1. The monoisotopic (exact) mass is 537 g/mol. The highest BCUT2D eigenvalue weighted by atomic mass is 32.2. The molecule has 37 heavy (non-hydrogen) atoms. The molecule has 0 aliphatic rings. The van der Waals surface area contributed by atoms with Crippen LogP contribution >= 0.6 is 11.8 Å². The van der Waals surface area contributed by atoms with Crippen LogP contribution in [0, 0.1) is 5.92 Å². The zero-order chi connectivity index (χ0) is 27.8. The summed E-state index contributed by atoms with van der Waals surface area (Å²) < 4.78 is 0. The normalized spacial score (nSPS) is 15.1. The molecule has 0 radical (unpaired) electrons. The molecule has 0 bridgehead atoms. The van der Waals surface area contributed by atoms with Crippen molar-refractivity contribution in [3.05, 3.63) is 35.9 Å². The Balaban J connectivity index is 3.11. The second kappa shape index (κ2) is 17.8. The Morgan fingerprint density at radius 1 is 0.919 bits per heavy atom. The fourth-order valence-corrected chi connectivity index (χ4v) is 4.11. The lowest BCUT2D eigenvalue weighted by atomic mass is 9.98. The Morgan fingerprint density at radius 2 is 1.51 bits per heavy atom. The average Bonchev–Trinajstić information content (AvgIpc) is 2.89. The summed E-state index contributed by atoms with van der Waals surface area (Å²) in [5.74, 6) is -2.23. The van der Waals surface area contributed by atoms with Crippen molar-refractivity contribution in [1.29, 1.82) is 0 Å². The summed E-state index contributed by atoms with van der Waals surface area (Å²) in [6.07, 6.45) is 4.56. The van der Waals surface area contributed by atoms with Gasteiger partial charge in [-0.15, -0.1) is 0 Å². The molecule has 1 aromatic rings. The maximum atomic E-state index is 13.3. The number of amides is 3. The maximum Gasteiger partial charge on any atom is 0.326 e. The summed E-state index contributed by atoms with van der Waals surface area (Å²) >= 11 is 1.48. The van der Waals surface area contributed by atoms with Crippen LogP contribution in [0.5, 0.6) is 0 Å². The van der Waals surface area contributed by atoms with E-state index in [1.807, 2.05) is 50.4 Å². The van der Waals surface area contributed by atoms with Crippen molar-refractivity contribution in [2.24, 2.45) is 17.4 Å². The number of benzene rings is 1. The Kier molecular flexibility index (Phi) is 15.6. The molecule has 0 fully saturated rings. The van der Waals surface area contributed by atoms with Crippen molar-refractivity contribution < 1.29 is 24.3 Å². The molecule has 3 amide bonds. The van der Waals surface area contributed by atoms with E-state index in [2.05, 4.69) is 16.0 Å². The van der Waals surface area contributed by atoms with Gasteiger partial charge in [0.2, 0.25) is 17.7 Å². The number of rotatable bonds is 18. The minimum Gasteiger partial charge on any atom is -0.480 e. The van der Waals surface area contributed by atoms with Gasteiger partial charge in [-0.2, -0.15) is 11.8 Å². The van der Waals surface area contributed by atoms with E-state index in [0.29, 0.717) is 38.0 Å². The molecule has 8 N–H and O–H groups in total. The first-order chi connectivity index (χ1) is 17.6. The van der Waals surface area contributed by atoms with Crippen LogP contribution in [0.2, 0.25) is 0 Å². The van der Waals surface area contributed by atoms with Crippen LogP contribution in [0.25, 0.3) is 0 Å². The fourth-order valence-electron chi connectivity index (χ4n) is 3.64. The number of thioether (sulfide) groups is 1. The van der Waals surface area contributed by atoms with Crippen LogP contribution in [0.15, 0.2) is 30.3 Å². The lowest BCUT2D eigenvalue weighted by molar-refractivity contribution is -0.142. The molecule has 0 saturated heterocycles. The van der Waals surface area contributed by atoms with Crippen molar-refractivity contribution in [2.45, 2.75) is 76.5 Å². The van der Waals surface area contributed by atoms with Gasteiger partial charge < -0.3 is 32.5 Å². The van der Waals surface area contributed by atoms with Crippen molar-refractivity contribution in [3.63, 3.8) is 0 Å². The van der Waals surface area contributed by atoms with E-state index in [9.17, 15) is 24.3 Å². The van der Waals surface area contributed by atoms with Gasteiger partial charge in [0.1, 0.15) is 18.1 Å². The molecular weight excluding hydrogens is 494 g/mol. The number of unbranched alkanes of at least 4 members (excludes halogenated alkanes) is 1. The van der Waals surface area contributed by atoms with Gasteiger partial charge in [0.25, 0.3) is 0 Å². The first-order valence-electron chi connectivity index (χ1n) is 12.8. The van der Waals surface area contributed by atoms with E-state index < -0.39 is 47.9 Å². The fraction of sp³-hybridized carbons (Fsp3) is 0.615. The maximum absolute atomic E-state index is 13.3. The van der Waals surface area contributed by atoms with E-state index in [0.717, 1.165) is 5.56 Å². The molecule has 1 aromatic carbocycles. The summed E-state index contributed by atoms with van der Waals surface area (Å²) in [6, 6.07) is 5.31. The van der Waals surface area contributed by atoms with E-state index in [1.165, 1.54) is 11.8 Å². The molecule has 5 unspecified atom stereocenters. The Hall–Kier alpha value is -2.63. The quantitative estimate of drug-likeness (QED) is 0.150. The van der Waals surface area contributed by atoms with Gasteiger partial charge in [0.05, 0.1) is 6.04 Å². The molecule has 208 valence electrons. The van der Waals surface area contributed by atoms with E-state index in [1.54, 1.807) is 0 Å². The standard InChI is InChI=1S/C26H43N5O5S/c1-4-17(2)22(28)25(34)29-19(12-8-9-14-27)23(32)31-21(16-18-10-6-5-7-11-18)24(33)30-20(26(35)36)13-15-37-3/h5-7,10-11,17,19-22H,4,8-9,12-16,27-28H2,1-3H3,(H,29,34)(H,30,33)(H,31,32)(H,35,36). The molecule has 0 aliphatic carbocycles. The smallest absolute Gasteiger partial charge is 0.326 e. The van der Waals surface area contributed by atoms with E-state index in [4.69, 9.17) is 11.5 Å². The number of hydrogen-bond donors (Lipinski definition) is 6. The van der Waals surface area contributed by atoms with Gasteiger partial charge in [-0.1, -0.05) is 50.6 Å². The lowest BCUT2D eigenvalue weighted by Gasteiger charge is -2.26. The summed E-state index contributed by atoms with van der Waals surface area (Å²) in [7, 11) is 0. The van der Waals surface area contributed by atoms with Gasteiger partial charge in [-0.05, 0) is 55.7 Å². The highest BCUT2D eigenvalue weighted by Crippen LogP contribution is 2.10. The highest BCUT2D eigenvalue weighted by Gasteiger charge is 2.31. The predicted molar refractivity (Wildman–Crippen MR) is 147 cm³/mol. The molecule has 0 heterocycles. The SMILES string of the molecule is CCC(C)C(N)C(=O)NC(CCCCN)C(=O)NC(Cc1ccccc1)C(=O)NC(CCSC)C(=O)O. The summed E-state index contributed by atoms with van der Waals surface area (Å²) in [5.41, 5.74) is 12.5. The van der Waals surface area contributed by atoms with Gasteiger partial charge in [-0.3, -0.25) is 14.4 Å². The van der Waals surface area contributed by atoms with Crippen molar-refractivity contribution in [1.82, 2.24) is 16.0 Å². The van der Waals surface area contributed by atoms with Gasteiger partial charge >= 0.3 is 5.97 Å². The number of carboxylic acid groups (broad SMARTS) is 1. The topological polar surface area (TPSA) is 177 Å². The third kappa shape index (κ3) is 12.0. The van der Waals surface area contributed by atoms with Crippen molar-refractivity contribution >= 4 is 35.5 Å². The molecule has 0 spiro atoms. The number of carbonyl (C=O) groups is 4. The van der Waals surface area contributed by atoms with Gasteiger partial charge in [0.15, 0.2) is 0 Å². The van der Waals surface area contributed by atoms with Crippen LogP contribution in [-0.4, -0.2) is 71.5 Å². The van der Waals surface area contributed by atoms with Crippen molar-refractivity contribution in [3.8, 4) is 0 Å².